The largest absolute Gasteiger partial charge is 0.482 e. The molecule has 3 heterocycles. The second kappa shape index (κ2) is 8.75. The number of carbonyl (C=O) groups is 1. The van der Waals surface area contributed by atoms with Crippen LogP contribution in [-0.2, 0) is 26.1 Å². The number of aromatic nitrogens is 2. The third-order valence-electron chi connectivity index (χ3n) is 5.35. The summed E-state index contributed by atoms with van der Waals surface area (Å²) in [4.78, 5) is 18.4. The average molecular weight is 491 g/mol. The van der Waals surface area contributed by atoms with E-state index in [2.05, 4.69) is 10.1 Å². The van der Waals surface area contributed by atoms with E-state index in [-0.39, 0.29) is 35.7 Å². The van der Waals surface area contributed by atoms with Crippen molar-refractivity contribution >= 4 is 33.2 Å². The van der Waals surface area contributed by atoms with E-state index in [9.17, 15) is 13.2 Å². The lowest BCUT2D eigenvalue weighted by molar-refractivity contribution is -0.121. The zero-order valence-electron chi connectivity index (χ0n) is 17.3. The number of sulfonamides is 1. The number of rotatable bonds is 5. The number of nitrogens with zero attached hydrogens (tertiary/aromatic N) is 4. The van der Waals surface area contributed by atoms with E-state index in [1.807, 2.05) is 0 Å². The van der Waals surface area contributed by atoms with Gasteiger partial charge in [0.2, 0.25) is 21.7 Å². The summed E-state index contributed by atoms with van der Waals surface area (Å²) < 4.78 is 43.0. The van der Waals surface area contributed by atoms with E-state index in [1.165, 1.54) is 21.3 Å². The molecule has 0 bridgehead atoms. The number of hydrogen-bond acceptors (Lipinski definition) is 8. The fourth-order valence-corrected chi connectivity index (χ4v) is 5.21. The lowest BCUT2D eigenvalue weighted by Gasteiger charge is -2.28. The zero-order valence-corrected chi connectivity index (χ0v) is 18.9. The lowest BCUT2D eigenvalue weighted by atomic mass is 10.2. The van der Waals surface area contributed by atoms with Crippen LogP contribution >= 0.6 is 11.6 Å². The topological polar surface area (TPSA) is 115 Å². The molecule has 0 N–H and O–H groups in total. The van der Waals surface area contributed by atoms with Crippen LogP contribution in [0.4, 0.5) is 5.69 Å². The van der Waals surface area contributed by atoms with E-state index >= 15 is 0 Å². The zero-order chi connectivity index (χ0) is 23.0. The first-order valence-corrected chi connectivity index (χ1v) is 12.0. The fraction of sp³-hybridized carbons (Fsp3) is 0.286. The number of anilines is 1. The van der Waals surface area contributed by atoms with Crippen molar-refractivity contribution in [3.8, 4) is 17.1 Å². The number of fused-ring (bicyclic) bond motifs is 1. The van der Waals surface area contributed by atoms with Crippen molar-refractivity contribution in [2.45, 2.75) is 11.4 Å². The summed E-state index contributed by atoms with van der Waals surface area (Å²) in [6.07, 6.45) is 0. The maximum atomic E-state index is 12.8. The molecule has 1 fully saturated rings. The Morgan fingerprint density at radius 1 is 1.06 bits per heavy atom. The number of morpholine rings is 1. The van der Waals surface area contributed by atoms with Crippen molar-refractivity contribution in [1.82, 2.24) is 14.4 Å². The van der Waals surface area contributed by atoms with Crippen LogP contribution in [-0.4, -0.2) is 61.7 Å². The maximum absolute atomic E-state index is 12.8. The van der Waals surface area contributed by atoms with Gasteiger partial charge in [0.25, 0.3) is 5.91 Å². The van der Waals surface area contributed by atoms with Crippen LogP contribution in [0.5, 0.6) is 5.75 Å². The van der Waals surface area contributed by atoms with E-state index in [4.69, 9.17) is 25.6 Å². The van der Waals surface area contributed by atoms with Crippen LogP contribution in [0.3, 0.4) is 0 Å². The SMILES string of the molecule is O=C1COc2ccc(Cl)cc2N1Cc1nc(-c2ccc(S(=O)(=O)N3CCOCC3)cc2)no1. The summed E-state index contributed by atoms with van der Waals surface area (Å²) in [6.45, 7) is 1.36. The molecule has 0 radical (unpaired) electrons. The van der Waals surface area contributed by atoms with Crippen molar-refractivity contribution in [3.63, 3.8) is 0 Å². The Labute approximate surface area is 194 Å². The minimum absolute atomic E-state index is 0.0476. The van der Waals surface area contributed by atoms with Crippen molar-refractivity contribution in [2.75, 3.05) is 37.8 Å². The molecule has 33 heavy (non-hydrogen) atoms. The molecular formula is C21H19ClN4O6S. The summed E-state index contributed by atoms with van der Waals surface area (Å²) in [6, 6.07) is 11.3. The highest BCUT2D eigenvalue weighted by Crippen LogP contribution is 2.35. The summed E-state index contributed by atoms with van der Waals surface area (Å²) >= 11 is 6.07. The number of ether oxygens (including phenoxy) is 2. The highest BCUT2D eigenvalue weighted by Gasteiger charge is 2.28. The second-order valence-electron chi connectivity index (χ2n) is 7.43. The van der Waals surface area contributed by atoms with Crippen LogP contribution in [0.1, 0.15) is 5.89 Å². The summed E-state index contributed by atoms with van der Waals surface area (Å²) in [5.74, 6) is 0.779. The van der Waals surface area contributed by atoms with Crippen molar-refractivity contribution in [3.05, 3.63) is 53.4 Å². The van der Waals surface area contributed by atoms with Crippen LogP contribution in [0.2, 0.25) is 5.02 Å². The number of benzene rings is 2. The Kier molecular flexibility index (Phi) is 5.79. The van der Waals surface area contributed by atoms with Crippen molar-refractivity contribution in [1.29, 1.82) is 0 Å². The molecule has 0 aliphatic carbocycles. The molecule has 2 aromatic carbocycles. The van der Waals surface area contributed by atoms with Crippen LogP contribution in [0, 0.1) is 0 Å². The molecule has 1 amide bonds. The molecular weight excluding hydrogens is 472 g/mol. The number of hydrogen-bond donors (Lipinski definition) is 0. The average Bonchev–Trinajstić information content (AvgIpc) is 3.30. The predicted octanol–water partition coefficient (Wildman–Crippen LogP) is 2.34. The second-order valence-corrected chi connectivity index (χ2v) is 9.81. The number of carbonyl (C=O) groups excluding carboxylic acids is 1. The van der Waals surface area contributed by atoms with E-state index < -0.39 is 10.0 Å². The Bertz CT molecular complexity index is 1290. The molecule has 2 aliphatic rings. The molecule has 12 heteroatoms. The molecule has 172 valence electrons. The van der Waals surface area contributed by atoms with Gasteiger partial charge in [0.15, 0.2) is 6.61 Å². The minimum Gasteiger partial charge on any atom is -0.482 e. The monoisotopic (exact) mass is 490 g/mol. The molecule has 0 atom stereocenters. The van der Waals surface area contributed by atoms with Crippen molar-refractivity contribution in [2.24, 2.45) is 0 Å². The van der Waals surface area contributed by atoms with Gasteiger partial charge >= 0.3 is 0 Å². The maximum Gasteiger partial charge on any atom is 0.265 e. The van der Waals surface area contributed by atoms with Gasteiger partial charge in [-0.25, -0.2) is 8.42 Å². The van der Waals surface area contributed by atoms with Gasteiger partial charge in [0.1, 0.15) is 12.3 Å². The minimum atomic E-state index is -3.59. The van der Waals surface area contributed by atoms with Gasteiger partial charge in [-0.2, -0.15) is 9.29 Å². The predicted molar refractivity (Wildman–Crippen MR) is 117 cm³/mol. The number of amides is 1. The Morgan fingerprint density at radius 2 is 1.82 bits per heavy atom. The molecule has 10 nitrogen and oxygen atoms in total. The molecule has 0 unspecified atom stereocenters. The Morgan fingerprint density at radius 3 is 2.58 bits per heavy atom. The van der Waals surface area contributed by atoms with Gasteiger partial charge in [-0.15, -0.1) is 0 Å². The lowest BCUT2D eigenvalue weighted by Crippen LogP contribution is -2.40. The van der Waals surface area contributed by atoms with Crippen LogP contribution in [0.25, 0.3) is 11.4 Å². The Hall–Kier alpha value is -2.99. The van der Waals surface area contributed by atoms with Gasteiger partial charge in [0.05, 0.1) is 23.8 Å². The van der Waals surface area contributed by atoms with Gasteiger partial charge in [-0.1, -0.05) is 16.8 Å². The van der Waals surface area contributed by atoms with Crippen molar-refractivity contribution < 1.29 is 27.2 Å². The highest BCUT2D eigenvalue weighted by atomic mass is 35.5. The quantitative estimate of drug-likeness (QED) is 0.535. The van der Waals surface area contributed by atoms with Gasteiger partial charge in [-0.3, -0.25) is 9.69 Å². The highest BCUT2D eigenvalue weighted by molar-refractivity contribution is 7.89. The van der Waals surface area contributed by atoms with E-state index in [0.717, 1.165) is 0 Å². The molecule has 1 saturated heterocycles. The summed E-state index contributed by atoms with van der Waals surface area (Å²) in [7, 11) is -3.59. The smallest absolute Gasteiger partial charge is 0.265 e. The standard InChI is InChI=1S/C21H19ClN4O6S/c22-15-3-6-18-17(11-15)26(20(27)13-31-18)12-19-23-21(24-32-19)14-1-4-16(5-2-14)33(28,29)25-7-9-30-10-8-25/h1-6,11H,7-10,12-13H2. The molecule has 0 spiro atoms. The molecule has 1 aromatic heterocycles. The first-order valence-electron chi connectivity index (χ1n) is 10.2. The molecule has 5 rings (SSSR count). The normalized spacial score (nSPS) is 17.0. The molecule has 2 aliphatic heterocycles. The Balaban J connectivity index is 1.34. The summed E-state index contributed by atoms with van der Waals surface area (Å²) in [5.41, 5.74) is 1.11. The van der Waals surface area contributed by atoms with Gasteiger partial charge in [0, 0.05) is 23.7 Å². The molecule has 0 saturated carbocycles. The first-order chi connectivity index (χ1) is 15.9. The fourth-order valence-electron chi connectivity index (χ4n) is 3.63. The summed E-state index contributed by atoms with van der Waals surface area (Å²) in [5, 5.41) is 4.44. The van der Waals surface area contributed by atoms with E-state index in [0.29, 0.717) is 48.3 Å². The first kappa shape index (κ1) is 21.8. The van der Waals surface area contributed by atoms with E-state index in [1.54, 1.807) is 30.3 Å². The third-order valence-corrected chi connectivity index (χ3v) is 7.49. The van der Waals surface area contributed by atoms with Crippen LogP contribution in [0.15, 0.2) is 51.9 Å². The van der Waals surface area contributed by atoms with Gasteiger partial charge < -0.3 is 14.0 Å². The van der Waals surface area contributed by atoms with Gasteiger partial charge in [-0.05, 0) is 42.5 Å². The third kappa shape index (κ3) is 4.32. The molecule has 3 aromatic rings. The number of halogens is 1. The van der Waals surface area contributed by atoms with Crippen LogP contribution < -0.4 is 9.64 Å².